The molecule has 1 atom stereocenters. The Kier molecular flexibility index (Phi) is 11.2. The van der Waals surface area contributed by atoms with Crippen LogP contribution in [0.1, 0.15) is 34.8 Å². The lowest BCUT2D eigenvalue weighted by atomic mass is 9.84. The number of carbonyl (C=O) groups is 2. The first-order chi connectivity index (χ1) is 18.0. The van der Waals surface area contributed by atoms with Crippen LogP contribution in [0.15, 0.2) is 23.7 Å². The fourth-order valence-electron chi connectivity index (χ4n) is 3.79. The van der Waals surface area contributed by atoms with Crippen molar-refractivity contribution in [3.63, 3.8) is 0 Å². The summed E-state index contributed by atoms with van der Waals surface area (Å²) in [5.41, 5.74) is 5.12. The minimum Gasteiger partial charge on any atom is -0.475 e. The minimum absolute atomic E-state index is 0.0124. The third kappa shape index (κ3) is 10.7. The molecule has 2 fully saturated rings. The standard InChI is InChI=1S/C19H25N3O2S.2C2HF3O2/c1-14-4-3-5-16(21-14)10-23-17-6-7-24-19(8-17)11-22(12-19)9-18-15(2)20-13-25-18;2*3-2(4,5)1(6)7/h3-5,13,17H,6-12H2,1-2H3;2*(H,6,7). The summed E-state index contributed by atoms with van der Waals surface area (Å²) in [6.45, 7) is 8.45. The van der Waals surface area contributed by atoms with Crippen LogP contribution in [0.4, 0.5) is 26.3 Å². The van der Waals surface area contributed by atoms with E-state index in [-0.39, 0.29) is 11.7 Å². The number of carboxylic acids is 2. The van der Waals surface area contributed by atoms with Gasteiger partial charge in [-0.25, -0.2) is 14.6 Å². The lowest BCUT2D eigenvalue weighted by molar-refractivity contribution is -0.200. The molecular formula is C23H27F6N3O6S. The van der Waals surface area contributed by atoms with Gasteiger partial charge in [-0.2, -0.15) is 26.3 Å². The van der Waals surface area contributed by atoms with E-state index in [2.05, 4.69) is 21.8 Å². The van der Waals surface area contributed by atoms with Gasteiger partial charge in [0.05, 0.1) is 35.2 Å². The molecule has 0 radical (unpaired) electrons. The van der Waals surface area contributed by atoms with Gasteiger partial charge in [0.25, 0.3) is 0 Å². The van der Waals surface area contributed by atoms with E-state index in [4.69, 9.17) is 29.3 Å². The van der Waals surface area contributed by atoms with Gasteiger partial charge >= 0.3 is 24.3 Å². The molecule has 218 valence electrons. The molecule has 0 amide bonds. The summed E-state index contributed by atoms with van der Waals surface area (Å²) in [6.07, 6.45) is -7.94. The van der Waals surface area contributed by atoms with Crippen molar-refractivity contribution in [3.8, 4) is 0 Å². The van der Waals surface area contributed by atoms with Gasteiger partial charge in [0, 0.05) is 43.2 Å². The van der Waals surface area contributed by atoms with Crippen LogP contribution in [-0.2, 0) is 32.2 Å². The highest BCUT2D eigenvalue weighted by Gasteiger charge is 2.47. The smallest absolute Gasteiger partial charge is 0.475 e. The van der Waals surface area contributed by atoms with E-state index in [1.54, 1.807) is 11.3 Å². The lowest BCUT2D eigenvalue weighted by Gasteiger charge is -2.53. The zero-order valence-corrected chi connectivity index (χ0v) is 21.7. The van der Waals surface area contributed by atoms with Crippen LogP contribution in [0.3, 0.4) is 0 Å². The van der Waals surface area contributed by atoms with Crippen molar-refractivity contribution in [3.05, 3.63) is 45.7 Å². The number of thiazole rings is 1. The lowest BCUT2D eigenvalue weighted by Crippen LogP contribution is -2.65. The molecule has 1 spiro atoms. The molecule has 2 saturated heterocycles. The largest absolute Gasteiger partial charge is 0.490 e. The highest BCUT2D eigenvalue weighted by atomic mass is 32.1. The molecule has 39 heavy (non-hydrogen) atoms. The number of hydrogen-bond donors (Lipinski definition) is 2. The molecular weight excluding hydrogens is 560 g/mol. The fraction of sp³-hybridized carbons (Fsp3) is 0.565. The van der Waals surface area contributed by atoms with Crippen molar-refractivity contribution in [2.75, 3.05) is 19.7 Å². The predicted octanol–water partition coefficient (Wildman–Crippen LogP) is 4.37. The van der Waals surface area contributed by atoms with E-state index in [0.717, 1.165) is 56.2 Å². The Labute approximate surface area is 223 Å². The highest BCUT2D eigenvalue weighted by molar-refractivity contribution is 7.09. The number of alkyl halides is 6. The summed E-state index contributed by atoms with van der Waals surface area (Å²) in [5.74, 6) is -5.51. The molecule has 2 aliphatic heterocycles. The van der Waals surface area contributed by atoms with Crippen LogP contribution in [0, 0.1) is 13.8 Å². The second-order valence-electron chi connectivity index (χ2n) is 8.84. The third-order valence-corrected chi connectivity index (χ3v) is 6.50. The number of rotatable bonds is 5. The van der Waals surface area contributed by atoms with E-state index >= 15 is 0 Å². The van der Waals surface area contributed by atoms with Crippen LogP contribution in [-0.4, -0.2) is 80.8 Å². The second kappa shape index (κ2) is 13.5. The van der Waals surface area contributed by atoms with Gasteiger partial charge < -0.3 is 19.7 Å². The van der Waals surface area contributed by atoms with Crippen LogP contribution >= 0.6 is 11.3 Å². The van der Waals surface area contributed by atoms with E-state index in [0.29, 0.717) is 6.61 Å². The molecule has 2 aromatic heterocycles. The first-order valence-electron chi connectivity index (χ1n) is 11.4. The number of pyridine rings is 1. The molecule has 2 aromatic rings. The number of aromatic nitrogens is 2. The Balaban J connectivity index is 0.000000317. The normalized spacial score (nSPS) is 18.7. The molecule has 1 unspecified atom stereocenters. The van der Waals surface area contributed by atoms with Crippen molar-refractivity contribution in [2.45, 2.75) is 63.9 Å². The molecule has 2 aliphatic rings. The first-order valence-corrected chi connectivity index (χ1v) is 12.3. The molecule has 0 bridgehead atoms. The molecule has 0 aliphatic carbocycles. The Morgan fingerprint density at radius 2 is 1.72 bits per heavy atom. The number of halogens is 6. The maximum atomic E-state index is 10.6. The fourth-order valence-corrected chi connectivity index (χ4v) is 4.61. The van der Waals surface area contributed by atoms with Crippen LogP contribution < -0.4 is 0 Å². The molecule has 2 N–H and O–H groups in total. The first kappa shape index (κ1) is 32.4. The number of carboxylic acid groups (broad SMARTS) is 2. The van der Waals surface area contributed by atoms with Crippen molar-refractivity contribution in [1.29, 1.82) is 0 Å². The van der Waals surface area contributed by atoms with Crippen molar-refractivity contribution < 1.29 is 55.6 Å². The van der Waals surface area contributed by atoms with E-state index in [1.807, 2.05) is 30.6 Å². The number of hydrogen-bond acceptors (Lipinski definition) is 8. The summed E-state index contributed by atoms with van der Waals surface area (Å²) >= 11 is 1.74. The second-order valence-corrected chi connectivity index (χ2v) is 9.78. The van der Waals surface area contributed by atoms with Crippen molar-refractivity contribution in [1.82, 2.24) is 14.9 Å². The summed E-state index contributed by atoms with van der Waals surface area (Å²) in [6, 6.07) is 6.09. The molecule has 9 nitrogen and oxygen atoms in total. The van der Waals surface area contributed by atoms with Gasteiger partial charge in [0.15, 0.2) is 0 Å². The van der Waals surface area contributed by atoms with E-state index in [9.17, 15) is 26.3 Å². The zero-order valence-electron chi connectivity index (χ0n) is 20.9. The molecule has 0 saturated carbocycles. The maximum Gasteiger partial charge on any atom is 0.490 e. The highest BCUT2D eigenvalue weighted by Crippen LogP contribution is 2.36. The Morgan fingerprint density at radius 1 is 1.13 bits per heavy atom. The summed E-state index contributed by atoms with van der Waals surface area (Å²) < 4.78 is 75.8. The Bertz CT molecular complexity index is 1080. The Morgan fingerprint density at radius 3 is 2.21 bits per heavy atom. The summed E-state index contributed by atoms with van der Waals surface area (Å²) in [5, 5.41) is 14.2. The van der Waals surface area contributed by atoms with Gasteiger partial charge in [0.1, 0.15) is 0 Å². The van der Waals surface area contributed by atoms with Gasteiger partial charge in [-0.05, 0) is 32.4 Å². The predicted molar refractivity (Wildman–Crippen MR) is 125 cm³/mol. The van der Waals surface area contributed by atoms with Gasteiger partial charge in [-0.1, -0.05) is 6.07 Å². The van der Waals surface area contributed by atoms with Gasteiger partial charge in [-0.15, -0.1) is 11.3 Å². The average Bonchev–Trinajstić information content (AvgIpc) is 3.21. The molecule has 16 heteroatoms. The maximum absolute atomic E-state index is 10.6. The molecule has 0 aromatic carbocycles. The minimum atomic E-state index is -5.08. The number of ether oxygens (including phenoxy) is 2. The van der Waals surface area contributed by atoms with Crippen molar-refractivity contribution in [2.24, 2.45) is 0 Å². The topological polar surface area (TPSA) is 122 Å². The third-order valence-electron chi connectivity index (χ3n) is 5.58. The van der Waals surface area contributed by atoms with Gasteiger partial charge in [0.2, 0.25) is 0 Å². The van der Waals surface area contributed by atoms with Gasteiger partial charge in [-0.3, -0.25) is 9.88 Å². The summed E-state index contributed by atoms with van der Waals surface area (Å²) in [4.78, 5) is 30.5. The van der Waals surface area contributed by atoms with Crippen molar-refractivity contribution >= 4 is 23.3 Å². The number of likely N-dealkylation sites (tertiary alicyclic amines) is 1. The SMILES string of the molecule is Cc1cccc(COC2CCOC3(C2)CN(Cc2scnc2C)C3)n1.O=C(O)C(F)(F)F.O=C(O)C(F)(F)F. The average molecular weight is 588 g/mol. The monoisotopic (exact) mass is 587 g/mol. The Hall–Kier alpha value is -2.82. The number of nitrogens with zero attached hydrogens (tertiary/aromatic N) is 3. The number of aryl methyl sites for hydroxylation is 2. The zero-order chi connectivity index (χ0) is 29.4. The van der Waals surface area contributed by atoms with E-state index < -0.39 is 24.3 Å². The van der Waals surface area contributed by atoms with Crippen LogP contribution in [0.2, 0.25) is 0 Å². The molecule has 4 heterocycles. The molecule has 4 rings (SSSR count). The number of aliphatic carboxylic acids is 2. The van der Waals surface area contributed by atoms with E-state index in [1.165, 1.54) is 4.88 Å². The van der Waals surface area contributed by atoms with Crippen LogP contribution in [0.25, 0.3) is 0 Å². The van der Waals surface area contributed by atoms with Crippen LogP contribution in [0.5, 0.6) is 0 Å². The quantitative estimate of drug-likeness (QED) is 0.491. The summed E-state index contributed by atoms with van der Waals surface area (Å²) in [7, 11) is 0.